The van der Waals surface area contributed by atoms with Crippen LogP contribution < -0.4 is 10.1 Å². The first-order valence-corrected chi connectivity index (χ1v) is 13.1. The summed E-state index contributed by atoms with van der Waals surface area (Å²) >= 11 is 0. The maximum absolute atomic E-state index is 12.5. The number of aliphatic imine (C=N–C) groups is 1. The van der Waals surface area contributed by atoms with Crippen LogP contribution in [0.3, 0.4) is 0 Å². The first-order valence-electron chi connectivity index (χ1n) is 13.1. The number of nitrogens with zero attached hydrogens (tertiary/aromatic N) is 3. The van der Waals surface area contributed by atoms with Gasteiger partial charge in [-0.1, -0.05) is 6.07 Å². The Morgan fingerprint density at radius 3 is 2.65 bits per heavy atom. The van der Waals surface area contributed by atoms with Gasteiger partial charge < -0.3 is 24.4 Å². The minimum Gasteiger partial charge on any atom is -0.475 e. The summed E-state index contributed by atoms with van der Waals surface area (Å²) in [5, 5.41) is 3.16. The molecular formula is C26H37F3N4O4. The highest BCUT2D eigenvalue weighted by Gasteiger charge is 2.31. The van der Waals surface area contributed by atoms with Gasteiger partial charge in [0.05, 0.1) is 19.1 Å². The highest BCUT2D eigenvalue weighted by Crippen LogP contribution is 2.30. The topological polar surface area (TPSA) is 85.3 Å². The van der Waals surface area contributed by atoms with Crippen molar-refractivity contribution in [2.24, 2.45) is 10.9 Å². The van der Waals surface area contributed by atoms with Gasteiger partial charge >= 0.3 is 6.18 Å². The molecule has 3 heterocycles. The van der Waals surface area contributed by atoms with Gasteiger partial charge in [0, 0.05) is 57.9 Å². The predicted molar refractivity (Wildman–Crippen MR) is 132 cm³/mol. The minimum absolute atomic E-state index is 0.0161. The number of halogens is 3. The average Bonchev–Trinajstić information content (AvgIpc) is 3.15. The second kappa shape index (κ2) is 12.4. The molecule has 0 radical (unpaired) electrons. The lowest BCUT2D eigenvalue weighted by atomic mass is 9.82. The molecule has 1 saturated carbocycles. The first-order chi connectivity index (χ1) is 17.7. The van der Waals surface area contributed by atoms with Crippen molar-refractivity contribution in [1.82, 2.24) is 15.2 Å². The zero-order valence-corrected chi connectivity index (χ0v) is 21.6. The number of methoxy groups -OCH3 is 1. The standard InChI is InChI=1S/C26H37F3N4O4/c1-17-30-14-21(37-17)13-24(34)31-20-6-3-19(4-7-20)23(35-2)15-33-11-9-18-5-8-25(32-22(18)10-12-33)36-16-26(27,28)29/h5,8,19-21,23H,3-4,6-7,9-16H2,1-2H3,(H,31,34). The number of hydrogen-bond acceptors (Lipinski definition) is 7. The van der Waals surface area contributed by atoms with Crippen molar-refractivity contribution in [1.29, 1.82) is 0 Å². The normalized spacial score (nSPS) is 25.4. The zero-order chi connectivity index (χ0) is 26.4. The number of nitrogens with one attached hydrogen (secondary N) is 1. The third-order valence-corrected chi connectivity index (χ3v) is 7.46. The Morgan fingerprint density at radius 1 is 1.22 bits per heavy atom. The van der Waals surface area contributed by atoms with Crippen molar-refractivity contribution in [3.8, 4) is 5.88 Å². The number of carbonyl (C=O) groups excluding carboxylic acids is 1. The van der Waals surface area contributed by atoms with E-state index >= 15 is 0 Å². The summed E-state index contributed by atoms with van der Waals surface area (Å²) in [6.45, 7) is 3.42. The minimum atomic E-state index is -4.38. The van der Waals surface area contributed by atoms with Gasteiger partial charge in [0.15, 0.2) is 12.5 Å². The van der Waals surface area contributed by atoms with Crippen LogP contribution in [-0.2, 0) is 27.1 Å². The van der Waals surface area contributed by atoms with Crippen molar-refractivity contribution in [3.05, 3.63) is 23.4 Å². The molecule has 0 spiro atoms. The molecular weight excluding hydrogens is 489 g/mol. The Balaban J connectivity index is 1.21. The largest absolute Gasteiger partial charge is 0.475 e. The van der Waals surface area contributed by atoms with Gasteiger partial charge in [-0.2, -0.15) is 13.2 Å². The van der Waals surface area contributed by atoms with Gasteiger partial charge in [0.2, 0.25) is 11.8 Å². The molecule has 1 aromatic heterocycles. The molecule has 11 heteroatoms. The molecule has 1 N–H and O–H groups in total. The molecule has 206 valence electrons. The number of pyridine rings is 1. The predicted octanol–water partition coefficient (Wildman–Crippen LogP) is 3.32. The van der Waals surface area contributed by atoms with Gasteiger partial charge in [0.1, 0.15) is 6.10 Å². The Hall–Kier alpha value is -2.40. The second-order valence-electron chi connectivity index (χ2n) is 10.2. The van der Waals surface area contributed by atoms with E-state index in [1.165, 1.54) is 6.07 Å². The molecule has 0 saturated heterocycles. The SMILES string of the molecule is COC(CN1CCc2ccc(OCC(F)(F)F)nc2CC1)C1CCC(NC(=O)CC2CN=C(C)O2)CC1. The number of carbonyl (C=O) groups is 1. The second-order valence-corrected chi connectivity index (χ2v) is 10.2. The summed E-state index contributed by atoms with van der Waals surface area (Å²) in [7, 11) is 1.75. The van der Waals surface area contributed by atoms with Crippen LogP contribution in [0.2, 0.25) is 0 Å². The maximum atomic E-state index is 12.5. The molecule has 8 nitrogen and oxygen atoms in total. The monoisotopic (exact) mass is 526 g/mol. The van der Waals surface area contributed by atoms with E-state index in [2.05, 4.69) is 20.2 Å². The van der Waals surface area contributed by atoms with Crippen LogP contribution in [0.25, 0.3) is 0 Å². The van der Waals surface area contributed by atoms with E-state index in [1.54, 1.807) is 14.0 Å². The summed E-state index contributed by atoms with van der Waals surface area (Å²) in [5.74, 6) is 1.10. The first kappa shape index (κ1) is 27.6. The summed E-state index contributed by atoms with van der Waals surface area (Å²) in [4.78, 5) is 23.3. The van der Waals surface area contributed by atoms with E-state index in [0.29, 0.717) is 31.2 Å². The average molecular weight is 527 g/mol. The molecule has 3 aliphatic rings. The lowest BCUT2D eigenvalue weighted by Gasteiger charge is -2.36. The smallest absolute Gasteiger partial charge is 0.422 e. The van der Waals surface area contributed by atoms with E-state index in [-0.39, 0.29) is 30.0 Å². The fourth-order valence-corrected chi connectivity index (χ4v) is 5.48. The van der Waals surface area contributed by atoms with Crippen LogP contribution in [0.1, 0.15) is 50.3 Å². The fraction of sp³-hybridized carbons (Fsp3) is 0.731. The molecule has 1 amide bonds. The van der Waals surface area contributed by atoms with Crippen molar-refractivity contribution >= 4 is 11.8 Å². The molecule has 0 bridgehead atoms. The maximum Gasteiger partial charge on any atom is 0.422 e. The number of fused-ring (bicyclic) bond motifs is 1. The van der Waals surface area contributed by atoms with Crippen LogP contribution >= 0.6 is 0 Å². The summed E-state index contributed by atoms with van der Waals surface area (Å²) in [6.07, 6.45) is 1.15. The Bertz CT molecular complexity index is 950. The summed E-state index contributed by atoms with van der Waals surface area (Å²) < 4.78 is 53.7. The van der Waals surface area contributed by atoms with Gasteiger partial charge in [0.25, 0.3) is 0 Å². The molecule has 2 aliphatic heterocycles. The number of hydrogen-bond donors (Lipinski definition) is 1. The molecule has 2 atom stereocenters. The number of alkyl halides is 3. The van der Waals surface area contributed by atoms with Crippen LogP contribution in [0.4, 0.5) is 13.2 Å². The zero-order valence-electron chi connectivity index (χ0n) is 21.6. The highest BCUT2D eigenvalue weighted by atomic mass is 19.4. The summed E-state index contributed by atoms with van der Waals surface area (Å²) in [6, 6.07) is 3.52. The molecule has 1 aliphatic carbocycles. The number of amides is 1. The van der Waals surface area contributed by atoms with Crippen molar-refractivity contribution in [2.75, 3.05) is 39.9 Å². The quantitative estimate of drug-likeness (QED) is 0.532. The van der Waals surface area contributed by atoms with Crippen molar-refractivity contribution in [2.45, 2.75) is 76.3 Å². The van der Waals surface area contributed by atoms with Crippen LogP contribution in [0.5, 0.6) is 5.88 Å². The van der Waals surface area contributed by atoms with E-state index in [9.17, 15) is 18.0 Å². The van der Waals surface area contributed by atoms with Crippen LogP contribution in [-0.4, -0.2) is 86.0 Å². The van der Waals surface area contributed by atoms with Gasteiger partial charge in [-0.25, -0.2) is 4.98 Å². The van der Waals surface area contributed by atoms with Crippen molar-refractivity contribution in [3.63, 3.8) is 0 Å². The lowest BCUT2D eigenvalue weighted by molar-refractivity contribution is -0.154. The Morgan fingerprint density at radius 2 is 1.97 bits per heavy atom. The summed E-state index contributed by atoms with van der Waals surface area (Å²) in [5.41, 5.74) is 1.86. The fourth-order valence-electron chi connectivity index (χ4n) is 5.48. The molecule has 4 rings (SSSR count). The van der Waals surface area contributed by atoms with E-state index in [4.69, 9.17) is 14.2 Å². The van der Waals surface area contributed by atoms with Gasteiger partial charge in [-0.3, -0.25) is 9.79 Å². The van der Waals surface area contributed by atoms with E-state index < -0.39 is 12.8 Å². The van der Waals surface area contributed by atoms with Gasteiger partial charge in [-0.05, 0) is 43.6 Å². The van der Waals surface area contributed by atoms with Crippen molar-refractivity contribution < 1.29 is 32.2 Å². The lowest BCUT2D eigenvalue weighted by Crippen LogP contribution is -2.44. The van der Waals surface area contributed by atoms with Crippen LogP contribution in [0, 0.1) is 5.92 Å². The molecule has 1 fully saturated rings. The van der Waals surface area contributed by atoms with Gasteiger partial charge in [-0.15, -0.1) is 0 Å². The molecule has 1 aromatic rings. The third kappa shape index (κ3) is 8.29. The third-order valence-electron chi connectivity index (χ3n) is 7.46. The number of ether oxygens (including phenoxy) is 3. The molecule has 0 aromatic carbocycles. The molecule has 2 unspecified atom stereocenters. The highest BCUT2D eigenvalue weighted by molar-refractivity contribution is 5.79. The van der Waals surface area contributed by atoms with Crippen LogP contribution in [0.15, 0.2) is 17.1 Å². The number of rotatable bonds is 9. The molecule has 37 heavy (non-hydrogen) atoms. The van der Waals surface area contributed by atoms with E-state index in [1.807, 2.05) is 6.07 Å². The Kier molecular flexibility index (Phi) is 9.28. The number of aromatic nitrogens is 1. The Labute approximate surface area is 216 Å². The van der Waals surface area contributed by atoms with E-state index in [0.717, 1.165) is 63.0 Å².